The van der Waals surface area contributed by atoms with E-state index in [1.165, 1.54) is 12.1 Å². The molecule has 0 radical (unpaired) electrons. The summed E-state index contributed by atoms with van der Waals surface area (Å²) in [5.74, 6) is 0. The van der Waals surface area contributed by atoms with Crippen LogP contribution in [0, 0.1) is 0 Å². The Bertz CT molecular complexity index is 641. The molecule has 2 aromatic rings. The van der Waals surface area contributed by atoms with Gasteiger partial charge in [-0.05, 0) is 42.4 Å². The number of rotatable bonds is 3. The largest absolute Gasteiger partial charge is 0.416 e. The quantitative estimate of drug-likeness (QED) is 0.684. The van der Waals surface area contributed by atoms with Gasteiger partial charge in [0.1, 0.15) is 0 Å². The summed E-state index contributed by atoms with van der Waals surface area (Å²) in [6.07, 6.45) is -4.34. The molecule has 0 bridgehead atoms. The van der Waals surface area contributed by atoms with Crippen LogP contribution in [0.4, 0.5) is 13.2 Å². The van der Waals surface area contributed by atoms with E-state index in [-0.39, 0.29) is 6.04 Å². The van der Waals surface area contributed by atoms with Crippen LogP contribution in [-0.2, 0) is 6.18 Å². The highest BCUT2D eigenvalue weighted by Crippen LogP contribution is 2.34. The maximum atomic E-state index is 12.8. The van der Waals surface area contributed by atoms with Gasteiger partial charge in [0.25, 0.3) is 0 Å². The average Bonchev–Trinajstić information content (AvgIpc) is 2.41. The van der Waals surface area contributed by atoms with Crippen molar-refractivity contribution in [2.45, 2.75) is 12.2 Å². The molecular weight excluding hydrogens is 411 g/mol. The Morgan fingerprint density at radius 3 is 2.33 bits per heavy atom. The molecule has 0 aliphatic carbocycles. The molecule has 21 heavy (non-hydrogen) atoms. The average molecular weight is 423 g/mol. The second kappa shape index (κ2) is 6.50. The van der Waals surface area contributed by atoms with E-state index in [9.17, 15) is 13.2 Å². The lowest BCUT2D eigenvalue weighted by Crippen LogP contribution is -2.19. The van der Waals surface area contributed by atoms with Crippen molar-refractivity contribution in [1.29, 1.82) is 0 Å². The molecule has 1 atom stereocenters. The summed E-state index contributed by atoms with van der Waals surface area (Å²) in [6.45, 7) is 0. The molecule has 1 N–H and O–H groups in total. The Kier molecular flexibility index (Phi) is 5.11. The molecule has 112 valence electrons. The zero-order valence-electron chi connectivity index (χ0n) is 11.0. The molecule has 2 rings (SSSR count). The summed E-state index contributed by atoms with van der Waals surface area (Å²) in [7, 11) is 1.72. The van der Waals surface area contributed by atoms with E-state index in [4.69, 9.17) is 0 Å². The summed E-state index contributed by atoms with van der Waals surface area (Å²) in [4.78, 5) is 0. The zero-order chi connectivity index (χ0) is 15.6. The van der Waals surface area contributed by atoms with Crippen LogP contribution in [0.15, 0.2) is 51.4 Å². The van der Waals surface area contributed by atoms with E-state index >= 15 is 0 Å². The third-order valence-corrected chi connectivity index (χ3v) is 4.29. The normalized spacial score (nSPS) is 13.2. The maximum Gasteiger partial charge on any atom is 0.416 e. The molecule has 0 aliphatic rings. The van der Waals surface area contributed by atoms with Crippen molar-refractivity contribution < 1.29 is 13.2 Å². The van der Waals surface area contributed by atoms with Gasteiger partial charge < -0.3 is 5.32 Å². The summed E-state index contributed by atoms with van der Waals surface area (Å²) in [6, 6.07) is 10.6. The fraction of sp³-hybridized carbons (Fsp3) is 0.200. The molecule has 2 aromatic carbocycles. The lowest BCUT2D eigenvalue weighted by molar-refractivity contribution is -0.137. The van der Waals surface area contributed by atoms with Gasteiger partial charge in [0.15, 0.2) is 0 Å². The van der Waals surface area contributed by atoms with Gasteiger partial charge in [-0.2, -0.15) is 13.2 Å². The number of nitrogens with one attached hydrogen (secondary N) is 1. The molecule has 1 unspecified atom stereocenters. The first kappa shape index (κ1) is 16.5. The van der Waals surface area contributed by atoms with Crippen LogP contribution >= 0.6 is 31.9 Å². The van der Waals surface area contributed by atoms with Crippen LogP contribution in [0.3, 0.4) is 0 Å². The van der Waals surface area contributed by atoms with Gasteiger partial charge in [0, 0.05) is 8.95 Å². The SMILES string of the molecule is CNC(c1cccc(C(F)(F)F)c1)c1ccc(Br)cc1Br. The standard InChI is InChI=1S/C15H12Br2F3N/c1-21-14(12-6-5-11(16)8-13(12)17)9-3-2-4-10(7-9)15(18,19)20/h2-8,14,21H,1H3. The first-order valence-corrected chi connectivity index (χ1v) is 7.71. The van der Waals surface area contributed by atoms with E-state index in [1.54, 1.807) is 13.1 Å². The fourth-order valence-electron chi connectivity index (χ4n) is 2.13. The molecule has 0 saturated carbocycles. The molecule has 0 fully saturated rings. The highest BCUT2D eigenvalue weighted by Gasteiger charge is 2.31. The minimum Gasteiger partial charge on any atom is -0.309 e. The highest BCUT2D eigenvalue weighted by molar-refractivity contribution is 9.11. The second-order valence-corrected chi connectivity index (χ2v) is 6.28. The Balaban J connectivity index is 2.47. The number of halogens is 5. The van der Waals surface area contributed by atoms with E-state index in [0.717, 1.165) is 20.6 Å². The van der Waals surface area contributed by atoms with Crippen LogP contribution < -0.4 is 5.32 Å². The Labute approximate surface area is 137 Å². The summed E-state index contributed by atoms with van der Waals surface area (Å²) < 4.78 is 40.2. The summed E-state index contributed by atoms with van der Waals surface area (Å²) in [5, 5.41) is 3.06. The molecule has 0 aliphatic heterocycles. The lowest BCUT2D eigenvalue weighted by atomic mass is 9.97. The van der Waals surface area contributed by atoms with E-state index in [2.05, 4.69) is 37.2 Å². The molecule has 0 aromatic heterocycles. The van der Waals surface area contributed by atoms with E-state index in [1.807, 2.05) is 18.2 Å². The third kappa shape index (κ3) is 3.87. The van der Waals surface area contributed by atoms with Crippen molar-refractivity contribution in [3.05, 3.63) is 68.1 Å². The molecule has 0 heterocycles. The molecule has 0 saturated heterocycles. The summed E-state index contributed by atoms with van der Waals surface area (Å²) >= 11 is 6.81. The monoisotopic (exact) mass is 421 g/mol. The third-order valence-electron chi connectivity index (χ3n) is 3.11. The van der Waals surface area contributed by atoms with Crippen LogP contribution in [0.5, 0.6) is 0 Å². The molecular formula is C15H12Br2F3N. The predicted molar refractivity (Wildman–Crippen MR) is 84.2 cm³/mol. The van der Waals surface area contributed by atoms with Gasteiger partial charge in [0.2, 0.25) is 0 Å². The van der Waals surface area contributed by atoms with Crippen LogP contribution in [0.2, 0.25) is 0 Å². The van der Waals surface area contributed by atoms with E-state index in [0.29, 0.717) is 5.56 Å². The van der Waals surface area contributed by atoms with Crippen molar-refractivity contribution in [2.24, 2.45) is 0 Å². The number of benzene rings is 2. The van der Waals surface area contributed by atoms with Crippen LogP contribution in [0.1, 0.15) is 22.7 Å². The minimum absolute atomic E-state index is 0.324. The number of hydrogen-bond acceptors (Lipinski definition) is 1. The molecule has 0 amide bonds. The van der Waals surface area contributed by atoms with Gasteiger partial charge in [-0.25, -0.2) is 0 Å². The van der Waals surface area contributed by atoms with Gasteiger partial charge in [-0.3, -0.25) is 0 Å². The first-order chi connectivity index (χ1) is 9.82. The Morgan fingerprint density at radius 2 is 1.76 bits per heavy atom. The predicted octanol–water partition coefficient (Wildman–Crippen LogP) is 5.54. The van der Waals surface area contributed by atoms with Gasteiger partial charge in [0.05, 0.1) is 11.6 Å². The summed E-state index contributed by atoms with van der Waals surface area (Å²) in [5.41, 5.74) is 0.795. The van der Waals surface area contributed by atoms with Crippen molar-refractivity contribution in [2.75, 3.05) is 7.05 Å². The van der Waals surface area contributed by atoms with Crippen molar-refractivity contribution in [3.8, 4) is 0 Å². The van der Waals surface area contributed by atoms with Crippen molar-refractivity contribution in [1.82, 2.24) is 5.32 Å². The number of hydrogen-bond donors (Lipinski definition) is 1. The number of alkyl halides is 3. The van der Waals surface area contributed by atoms with Crippen LogP contribution in [0.25, 0.3) is 0 Å². The van der Waals surface area contributed by atoms with Crippen molar-refractivity contribution >= 4 is 31.9 Å². The van der Waals surface area contributed by atoms with Crippen molar-refractivity contribution in [3.63, 3.8) is 0 Å². The Hall–Kier alpha value is -0.850. The van der Waals surface area contributed by atoms with Crippen LogP contribution in [-0.4, -0.2) is 7.05 Å². The molecule has 1 nitrogen and oxygen atoms in total. The van der Waals surface area contributed by atoms with Gasteiger partial charge in [-0.1, -0.05) is 50.1 Å². The topological polar surface area (TPSA) is 12.0 Å². The van der Waals surface area contributed by atoms with E-state index < -0.39 is 11.7 Å². The molecule has 0 spiro atoms. The second-order valence-electron chi connectivity index (χ2n) is 4.51. The smallest absolute Gasteiger partial charge is 0.309 e. The van der Waals surface area contributed by atoms with Gasteiger partial charge in [-0.15, -0.1) is 0 Å². The highest BCUT2D eigenvalue weighted by atomic mass is 79.9. The fourth-order valence-corrected chi connectivity index (χ4v) is 3.41. The van der Waals surface area contributed by atoms with Gasteiger partial charge >= 0.3 is 6.18 Å². The zero-order valence-corrected chi connectivity index (χ0v) is 14.2. The first-order valence-electron chi connectivity index (χ1n) is 6.12. The molecule has 6 heteroatoms. The minimum atomic E-state index is -4.34. The lowest BCUT2D eigenvalue weighted by Gasteiger charge is -2.20. The Morgan fingerprint density at radius 1 is 1.05 bits per heavy atom. The maximum absolute atomic E-state index is 12.8.